The maximum atomic E-state index is 7.35. The molecule has 0 aliphatic rings. The van der Waals surface area contributed by atoms with Gasteiger partial charge in [-0.05, 0) is 50.6 Å². The normalized spacial score (nSPS) is 11.2. The molecule has 3 N–H and O–H groups in total. The molecule has 0 saturated heterocycles. The summed E-state index contributed by atoms with van der Waals surface area (Å²) in [6, 6.07) is 5.33. The summed E-state index contributed by atoms with van der Waals surface area (Å²) in [6.45, 7) is 5.67. The maximum absolute atomic E-state index is 7.35. The van der Waals surface area contributed by atoms with E-state index in [9.17, 15) is 0 Å². The molecule has 2 aromatic rings. The van der Waals surface area contributed by atoms with Crippen molar-refractivity contribution in [3.63, 3.8) is 0 Å². The number of halogens is 1. The molecule has 1 aromatic carbocycles. The lowest BCUT2D eigenvalue weighted by atomic mass is 10.2. The Balaban J connectivity index is 2.19. The van der Waals surface area contributed by atoms with E-state index in [4.69, 9.17) is 21.8 Å². The highest BCUT2D eigenvalue weighted by Gasteiger charge is 2.13. The topological polar surface area (TPSA) is 95.8 Å². The summed E-state index contributed by atoms with van der Waals surface area (Å²) in [6.07, 6.45) is 1.22. The van der Waals surface area contributed by atoms with E-state index in [1.165, 1.54) is 6.21 Å². The fourth-order valence-corrected chi connectivity index (χ4v) is 1.89. The standard InChI is InChI=1S/C14H17ClN6OS/c1-14(2,3)22-21-13-19-11(15)18-12(20-13)17-9-4-5-10(23)8(6-9)7-16/h4-7,16,23H,1-3H3,(H2,17,18,19,20,21). The van der Waals surface area contributed by atoms with E-state index in [0.29, 0.717) is 16.1 Å². The first-order valence-electron chi connectivity index (χ1n) is 6.73. The van der Waals surface area contributed by atoms with Crippen LogP contribution in [0.4, 0.5) is 17.6 Å². The molecule has 0 aliphatic heterocycles. The van der Waals surface area contributed by atoms with Crippen molar-refractivity contribution in [1.29, 1.82) is 5.41 Å². The van der Waals surface area contributed by atoms with Gasteiger partial charge in [-0.3, -0.25) is 4.84 Å². The number of thiol groups is 1. The molecule has 0 atom stereocenters. The van der Waals surface area contributed by atoms with Crippen LogP contribution < -0.4 is 10.8 Å². The van der Waals surface area contributed by atoms with Crippen molar-refractivity contribution in [2.75, 3.05) is 10.8 Å². The zero-order valence-electron chi connectivity index (χ0n) is 12.9. The smallest absolute Gasteiger partial charge is 0.253 e. The number of hydrogen-bond donors (Lipinski definition) is 4. The van der Waals surface area contributed by atoms with Crippen LogP contribution in [-0.2, 0) is 4.84 Å². The number of nitrogens with zero attached hydrogens (tertiary/aromatic N) is 3. The average molecular weight is 353 g/mol. The molecule has 0 bridgehead atoms. The molecule has 23 heavy (non-hydrogen) atoms. The maximum Gasteiger partial charge on any atom is 0.253 e. The quantitative estimate of drug-likeness (QED) is 0.372. The van der Waals surface area contributed by atoms with E-state index < -0.39 is 5.60 Å². The second-order valence-electron chi connectivity index (χ2n) is 5.61. The van der Waals surface area contributed by atoms with Crippen LogP contribution in [0.25, 0.3) is 0 Å². The van der Waals surface area contributed by atoms with Crippen molar-refractivity contribution in [1.82, 2.24) is 15.0 Å². The molecule has 0 radical (unpaired) electrons. The lowest BCUT2D eigenvalue weighted by Crippen LogP contribution is -2.24. The molecule has 9 heteroatoms. The highest BCUT2D eigenvalue weighted by Crippen LogP contribution is 2.21. The summed E-state index contributed by atoms with van der Waals surface area (Å²) >= 11 is 10.2. The number of benzene rings is 1. The number of rotatable bonds is 5. The third-order valence-electron chi connectivity index (χ3n) is 2.50. The Hall–Kier alpha value is -1.90. The zero-order chi connectivity index (χ0) is 17.0. The molecule has 0 aliphatic carbocycles. The Bertz CT molecular complexity index is 719. The fourth-order valence-electron chi connectivity index (χ4n) is 1.53. The van der Waals surface area contributed by atoms with E-state index in [-0.39, 0.29) is 17.2 Å². The van der Waals surface area contributed by atoms with Gasteiger partial charge in [0.15, 0.2) is 0 Å². The van der Waals surface area contributed by atoms with Gasteiger partial charge in [-0.1, -0.05) is 0 Å². The minimum absolute atomic E-state index is 0.0283. The van der Waals surface area contributed by atoms with E-state index >= 15 is 0 Å². The minimum Gasteiger partial charge on any atom is -0.324 e. The van der Waals surface area contributed by atoms with Gasteiger partial charge in [0.25, 0.3) is 5.95 Å². The van der Waals surface area contributed by atoms with Crippen LogP contribution in [0.1, 0.15) is 26.3 Å². The van der Waals surface area contributed by atoms with Crippen molar-refractivity contribution < 1.29 is 4.84 Å². The number of hydrogen-bond acceptors (Lipinski definition) is 8. The summed E-state index contributed by atoms with van der Waals surface area (Å²) in [5.74, 6) is 0.452. The Morgan fingerprint density at radius 1 is 1.22 bits per heavy atom. The first-order chi connectivity index (χ1) is 10.8. The Morgan fingerprint density at radius 2 is 1.91 bits per heavy atom. The summed E-state index contributed by atoms with van der Waals surface area (Å²) in [7, 11) is 0. The van der Waals surface area contributed by atoms with Gasteiger partial charge in [0.1, 0.15) is 0 Å². The SMILES string of the molecule is CC(C)(C)ONc1nc(Cl)nc(Nc2ccc(S)c(C=N)c2)n1. The Morgan fingerprint density at radius 3 is 2.57 bits per heavy atom. The Labute approximate surface area is 144 Å². The lowest BCUT2D eigenvalue weighted by Gasteiger charge is -2.19. The van der Waals surface area contributed by atoms with Crippen LogP contribution in [0.2, 0.25) is 5.28 Å². The monoisotopic (exact) mass is 352 g/mol. The van der Waals surface area contributed by atoms with E-state index in [2.05, 4.69) is 38.4 Å². The molecule has 0 amide bonds. The van der Waals surface area contributed by atoms with Gasteiger partial charge >= 0.3 is 0 Å². The molecule has 1 heterocycles. The summed E-state index contributed by atoms with van der Waals surface area (Å²) in [5, 5.41) is 10.4. The number of aromatic nitrogens is 3. The molecule has 0 fully saturated rings. The van der Waals surface area contributed by atoms with Gasteiger partial charge in [0.2, 0.25) is 11.2 Å². The van der Waals surface area contributed by atoms with Crippen LogP contribution in [0.15, 0.2) is 23.1 Å². The molecule has 0 saturated carbocycles. The second-order valence-corrected chi connectivity index (χ2v) is 6.43. The van der Waals surface area contributed by atoms with Gasteiger partial charge in [-0.2, -0.15) is 15.0 Å². The van der Waals surface area contributed by atoms with Gasteiger partial charge in [-0.25, -0.2) is 5.48 Å². The van der Waals surface area contributed by atoms with Crippen LogP contribution in [0, 0.1) is 5.41 Å². The molecule has 0 unspecified atom stereocenters. The Kier molecular flexibility index (Phi) is 5.40. The van der Waals surface area contributed by atoms with E-state index in [1.54, 1.807) is 18.2 Å². The van der Waals surface area contributed by atoms with Crippen LogP contribution in [0.3, 0.4) is 0 Å². The van der Waals surface area contributed by atoms with Crippen LogP contribution in [-0.4, -0.2) is 26.8 Å². The number of nitrogens with one attached hydrogen (secondary N) is 3. The van der Waals surface area contributed by atoms with Crippen molar-refractivity contribution in [3.8, 4) is 0 Å². The van der Waals surface area contributed by atoms with Crippen molar-refractivity contribution >= 4 is 48.0 Å². The highest BCUT2D eigenvalue weighted by atomic mass is 35.5. The van der Waals surface area contributed by atoms with Crippen molar-refractivity contribution in [2.24, 2.45) is 0 Å². The summed E-state index contributed by atoms with van der Waals surface area (Å²) in [5.41, 5.74) is 3.61. The van der Waals surface area contributed by atoms with Gasteiger partial charge in [0.05, 0.1) is 5.60 Å². The molecule has 0 spiro atoms. The van der Waals surface area contributed by atoms with Crippen LogP contribution in [0.5, 0.6) is 0 Å². The van der Waals surface area contributed by atoms with Gasteiger partial charge < -0.3 is 10.7 Å². The zero-order valence-corrected chi connectivity index (χ0v) is 14.5. The van der Waals surface area contributed by atoms with Gasteiger partial charge in [0, 0.05) is 22.4 Å². The lowest BCUT2D eigenvalue weighted by molar-refractivity contribution is 0.0358. The largest absolute Gasteiger partial charge is 0.324 e. The molecule has 122 valence electrons. The molecule has 1 aromatic heterocycles. The fraction of sp³-hybridized carbons (Fsp3) is 0.286. The molecular weight excluding hydrogens is 336 g/mol. The van der Waals surface area contributed by atoms with E-state index in [1.807, 2.05) is 20.8 Å². The van der Waals surface area contributed by atoms with Crippen molar-refractivity contribution in [3.05, 3.63) is 29.0 Å². The first kappa shape index (κ1) is 17.5. The summed E-state index contributed by atoms with van der Waals surface area (Å²) in [4.78, 5) is 18.2. The predicted molar refractivity (Wildman–Crippen MR) is 94.2 cm³/mol. The summed E-state index contributed by atoms with van der Waals surface area (Å²) < 4.78 is 0. The first-order valence-corrected chi connectivity index (χ1v) is 7.55. The number of anilines is 3. The third kappa shape index (κ3) is 5.34. The molecule has 7 nitrogen and oxygen atoms in total. The van der Waals surface area contributed by atoms with Crippen molar-refractivity contribution in [2.45, 2.75) is 31.3 Å². The molecule has 2 rings (SSSR count). The predicted octanol–water partition coefficient (Wildman–Crippen LogP) is 3.70. The minimum atomic E-state index is -0.409. The van der Waals surface area contributed by atoms with Gasteiger partial charge in [-0.15, -0.1) is 12.6 Å². The molecular formula is C14H17ClN6OS. The third-order valence-corrected chi connectivity index (χ3v) is 3.07. The van der Waals surface area contributed by atoms with E-state index in [0.717, 1.165) is 0 Å². The highest BCUT2D eigenvalue weighted by molar-refractivity contribution is 7.80. The second kappa shape index (κ2) is 7.12. The average Bonchev–Trinajstić information content (AvgIpc) is 2.46. The van der Waals surface area contributed by atoms with Crippen LogP contribution >= 0.6 is 24.2 Å².